The smallest absolute Gasteiger partial charge is 0.268 e. The molecule has 22 heavy (non-hydrogen) atoms. The van der Waals surface area contributed by atoms with Gasteiger partial charge in [0.25, 0.3) is 5.91 Å². The van der Waals surface area contributed by atoms with Crippen molar-refractivity contribution < 1.29 is 4.79 Å². The van der Waals surface area contributed by atoms with Crippen LogP contribution in [0.15, 0.2) is 53.4 Å². The van der Waals surface area contributed by atoms with Crippen molar-refractivity contribution in [3.63, 3.8) is 0 Å². The van der Waals surface area contributed by atoms with Gasteiger partial charge in [-0.3, -0.25) is 9.69 Å². The number of anilines is 1. The Morgan fingerprint density at radius 2 is 1.82 bits per heavy atom. The monoisotopic (exact) mass is 345 g/mol. The van der Waals surface area contributed by atoms with Crippen LogP contribution in [0.2, 0.25) is 5.02 Å². The Bertz CT molecular complexity index is 784. The van der Waals surface area contributed by atoms with Gasteiger partial charge >= 0.3 is 0 Å². The van der Waals surface area contributed by atoms with E-state index in [-0.39, 0.29) is 5.91 Å². The molecule has 1 saturated heterocycles. The van der Waals surface area contributed by atoms with E-state index in [1.165, 1.54) is 11.8 Å². The Kier molecular flexibility index (Phi) is 4.34. The third-order valence-corrected chi connectivity index (χ3v) is 4.87. The Hall–Kier alpha value is -1.62. The summed E-state index contributed by atoms with van der Waals surface area (Å²) in [5, 5.41) is 0.671. The van der Waals surface area contributed by atoms with E-state index in [2.05, 4.69) is 0 Å². The van der Waals surface area contributed by atoms with Crippen LogP contribution in [0.4, 0.5) is 5.69 Å². The van der Waals surface area contributed by atoms with E-state index in [9.17, 15) is 4.79 Å². The summed E-state index contributed by atoms with van der Waals surface area (Å²) in [5.41, 5.74) is 2.78. The van der Waals surface area contributed by atoms with Crippen LogP contribution in [-0.2, 0) is 4.79 Å². The topological polar surface area (TPSA) is 20.3 Å². The molecular weight excluding hydrogens is 334 g/mol. The molecule has 0 atom stereocenters. The third-order valence-electron chi connectivity index (χ3n) is 3.32. The molecule has 2 nitrogen and oxygen atoms in total. The molecule has 110 valence electrons. The fourth-order valence-electron chi connectivity index (χ4n) is 2.20. The fourth-order valence-corrected chi connectivity index (χ4v) is 3.61. The van der Waals surface area contributed by atoms with Crippen molar-refractivity contribution in [1.82, 2.24) is 0 Å². The summed E-state index contributed by atoms with van der Waals surface area (Å²) in [7, 11) is 0. The van der Waals surface area contributed by atoms with Gasteiger partial charge in [-0.15, -0.1) is 0 Å². The third kappa shape index (κ3) is 2.95. The van der Waals surface area contributed by atoms with Gasteiger partial charge in [0, 0.05) is 5.02 Å². The molecule has 2 aromatic rings. The first-order valence-electron chi connectivity index (χ1n) is 6.65. The zero-order valence-corrected chi connectivity index (χ0v) is 14.1. The van der Waals surface area contributed by atoms with E-state index in [0.29, 0.717) is 14.2 Å². The Morgan fingerprint density at radius 3 is 2.50 bits per heavy atom. The average Bonchev–Trinajstić information content (AvgIpc) is 2.77. The van der Waals surface area contributed by atoms with Crippen LogP contribution in [0.5, 0.6) is 0 Å². The van der Waals surface area contributed by atoms with Crippen molar-refractivity contribution in [2.24, 2.45) is 0 Å². The molecule has 0 spiro atoms. The molecule has 1 fully saturated rings. The molecule has 0 N–H and O–H groups in total. The highest BCUT2D eigenvalue weighted by Gasteiger charge is 2.33. The van der Waals surface area contributed by atoms with Gasteiger partial charge in [0.15, 0.2) is 4.32 Å². The van der Waals surface area contributed by atoms with Crippen LogP contribution in [0.25, 0.3) is 6.08 Å². The molecule has 0 aliphatic carbocycles. The maximum atomic E-state index is 12.7. The van der Waals surface area contributed by atoms with E-state index >= 15 is 0 Å². The molecule has 0 saturated carbocycles. The number of aryl methyl sites for hydroxylation is 1. The van der Waals surface area contributed by atoms with Crippen molar-refractivity contribution in [2.75, 3.05) is 4.90 Å². The maximum Gasteiger partial charge on any atom is 0.270 e. The van der Waals surface area contributed by atoms with Crippen LogP contribution in [0, 0.1) is 6.92 Å². The van der Waals surface area contributed by atoms with Crippen LogP contribution in [0.1, 0.15) is 11.1 Å². The lowest BCUT2D eigenvalue weighted by atomic mass is 10.1. The fraction of sp³-hybridized carbons (Fsp3) is 0.0588. The number of carbonyl (C=O) groups is 1. The SMILES string of the molecule is Cc1ccccc1N1C(=O)/C(=C\c2ccc(Cl)cc2)SC1=S. The molecule has 5 heteroatoms. The quantitative estimate of drug-likeness (QED) is 0.561. The lowest BCUT2D eigenvalue weighted by molar-refractivity contribution is -0.113. The molecular formula is C17H12ClNOS2. The number of halogens is 1. The molecule has 1 amide bonds. The molecule has 1 aliphatic rings. The van der Waals surface area contributed by atoms with E-state index < -0.39 is 0 Å². The Balaban J connectivity index is 1.95. The maximum absolute atomic E-state index is 12.7. The minimum Gasteiger partial charge on any atom is -0.268 e. The minimum absolute atomic E-state index is 0.0840. The minimum atomic E-state index is -0.0840. The summed E-state index contributed by atoms with van der Waals surface area (Å²) in [6, 6.07) is 15.1. The summed E-state index contributed by atoms with van der Waals surface area (Å²) in [6.45, 7) is 1.97. The molecule has 1 aliphatic heterocycles. The van der Waals surface area contributed by atoms with Gasteiger partial charge in [-0.25, -0.2) is 0 Å². The van der Waals surface area contributed by atoms with Crippen LogP contribution in [0.3, 0.4) is 0 Å². The summed E-state index contributed by atoms with van der Waals surface area (Å²) >= 11 is 12.6. The number of para-hydroxylation sites is 1. The average molecular weight is 346 g/mol. The lowest BCUT2D eigenvalue weighted by Crippen LogP contribution is -2.28. The van der Waals surface area contributed by atoms with Crippen LogP contribution >= 0.6 is 35.6 Å². The predicted octanol–water partition coefficient (Wildman–Crippen LogP) is 5.05. The highest BCUT2D eigenvalue weighted by molar-refractivity contribution is 8.27. The highest BCUT2D eigenvalue weighted by Crippen LogP contribution is 2.37. The van der Waals surface area contributed by atoms with Crippen molar-refractivity contribution in [3.05, 3.63) is 69.6 Å². The second-order valence-corrected chi connectivity index (χ2v) is 6.97. The number of hydrogen-bond donors (Lipinski definition) is 0. The van der Waals surface area contributed by atoms with Crippen molar-refractivity contribution >= 4 is 57.6 Å². The highest BCUT2D eigenvalue weighted by atomic mass is 35.5. The van der Waals surface area contributed by atoms with Gasteiger partial charge in [0.2, 0.25) is 0 Å². The van der Waals surface area contributed by atoms with Crippen molar-refractivity contribution in [2.45, 2.75) is 6.92 Å². The number of benzene rings is 2. The van der Waals surface area contributed by atoms with Crippen molar-refractivity contribution in [3.8, 4) is 0 Å². The standard InChI is InChI=1S/C17H12ClNOS2/c1-11-4-2-3-5-14(11)19-16(20)15(22-17(19)21)10-12-6-8-13(18)9-7-12/h2-10H,1H3/b15-10+. The predicted molar refractivity (Wildman–Crippen MR) is 98.3 cm³/mol. The number of thioether (sulfide) groups is 1. The van der Waals surface area contributed by atoms with Gasteiger partial charge in [-0.1, -0.05) is 65.9 Å². The van der Waals surface area contributed by atoms with Crippen LogP contribution in [-0.4, -0.2) is 10.2 Å². The van der Waals surface area contributed by atoms with Crippen molar-refractivity contribution in [1.29, 1.82) is 0 Å². The summed E-state index contributed by atoms with van der Waals surface area (Å²) in [5.74, 6) is -0.0840. The normalized spacial score (nSPS) is 16.6. The van der Waals surface area contributed by atoms with Gasteiger partial charge in [0.1, 0.15) is 0 Å². The largest absolute Gasteiger partial charge is 0.270 e. The first kappa shape index (κ1) is 15.3. The van der Waals surface area contributed by atoms with Gasteiger partial charge < -0.3 is 0 Å². The molecule has 0 unspecified atom stereocenters. The van der Waals surface area contributed by atoms with Gasteiger partial charge in [-0.2, -0.15) is 0 Å². The second-order valence-electron chi connectivity index (χ2n) is 4.86. The molecule has 2 aromatic carbocycles. The number of thiocarbonyl (C=S) groups is 1. The number of nitrogens with zero attached hydrogens (tertiary/aromatic N) is 1. The molecule has 0 aromatic heterocycles. The number of carbonyl (C=O) groups excluding carboxylic acids is 1. The number of rotatable bonds is 2. The first-order chi connectivity index (χ1) is 10.6. The van der Waals surface area contributed by atoms with Crippen LogP contribution < -0.4 is 4.90 Å². The van der Waals surface area contributed by atoms with E-state index in [1.54, 1.807) is 17.0 Å². The zero-order chi connectivity index (χ0) is 15.7. The molecule has 3 rings (SSSR count). The zero-order valence-electron chi connectivity index (χ0n) is 11.7. The molecule has 0 bridgehead atoms. The number of amides is 1. The summed E-state index contributed by atoms with van der Waals surface area (Å²) in [6.07, 6.45) is 1.84. The van der Waals surface area contributed by atoms with E-state index in [1.807, 2.05) is 49.4 Å². The number of hydrogen-bond acceptors (Lipinski definition) is 3. The van der Waals surface area contributed by atoms with E-state index in [4.69, 9.17) is 23.8 Å². The van der Waals surface area contributed by atoms with E-state index in [0.717, 1.165) is 16.8 Å². The Morgan fingerprint density at radius 1 is 1.14 bits per heavy atom. The molecule has 0 radical (unpaired) electrons. The second kappa shape index (κ2) is 6.24. The van der Waals surface area contributed by atoms with Gasteiger partial charge in [0.05, 0.1) is 10.6 Å². The lowest BCUT2D eigenvalue weighted by Gasteiger charge is -2.16. The summed E-state index contributed by atoms with van der Waals surface area (Å²) < 4.78 is 0.555. The summed E-state index contributed by atoms with van der Waals surface area (Å²) in [4.78, 5) is 14.9. The Labute approximate surface area is 143 Å². The first-order valence-corrected chi connectivity index (χ1v) is 8.26. The molecule has 1 heterocycles. The van der Waals surface area contributed by atoms with Gasteiger partial charge in [-0.05, 0) is 42.3 Å².